The molecule has 104 valence electrons. The Morgan fingerprint density at radius 3 is 2.70 bits per heavy atom. The van der Waals surface area contributed by atoms with Crippen molar-refractivity contribution in [1.29, 1.82) is 0 Å². The van der Waals surface area contributed by atoms with E-state index in [2.05, 4.69) is 5.32 Å². The quantitative estimate of drug-likeness (QED) is 0.929. The van der Waals surface area contributed by atoms with Gasteiger partial charge in [0.05, 0.1) is 0 Å². The number of ether oxygens (including phenoxy) is 1. The molecule has 0 aliphatic carbocycles. The molecule has 1 N–H and O–H groups in total. The van der Waals surface area contributed by atoms with Crippen molar-refractivity contribution in [2.45, 2.75) is 13.0 Å². The molecule has 20 heavy (non-hydrogen) atoms. The Labute approximate surface area is 121 Å². The van der Waals surface area contributed by atoms with E-state index in [0.717, 1.165) is 0 Å². The van der Waals surface area contributed by atoms with E-state index in [1.54, 1.807) is 37.3 Å². The topological polar surface area (TPSA) is 38.3 Å². The van der Waals surface area contributed by atoms with E-state index in [9.17, 15) is 9.18 Å². The zero-order valence-corrected chi connectivity index (χ0v) is 11.5. The van der Waals surface area contributed by atoms with Crippen LogP contribution in [0.25, 0.3) is 0 Å². The molecule has 0 saturated carbocycles. The molecular weight excluding hydrogens is 281 g/mol. The van der Waals surface area contributed by atoms with E-state index in [0.29, 0.717) is 16.5 Å². The van der Waals surface area contributed by atoms with Crippen LogP contribution in [-0.2, 0) is 4.79 Å². The summed E-state index contributed by atoms with van der Waals surface area (Å²) in [6.07, 6.45) is -0.754. The number of anilines is 1. The molecular formula is C15H13ClFNO2. The van der Waals surface area contributed by atoms with Crippen molar-refractivity contribution >= 4 is 23.2 Å². The Morgan fingerprint density at radius 1 is 1.25 bits per heavy atom. The van der Waals surface area contributed by atoms with Crippen LogP contribution in [0.1, 0.15) is 6.92 Å². The number of rotatable bonds is 4. The summed E-state index contributed by atoms with van der Waals surface area (Å²) in [5.41, 5.74) is 0.581. The monoisotopic (exact) mass is 293 g/mol. The van der Waals surface area contributed by atoms with Crippen molar-refractivity contribution in [2.24, 2.45) is 0 Å². The van der Waals surface area contributed by atoms with Gasteiger partial charge in [0.15, 0.2) is 6.10 Å². The molecule has 1 atom stereocenters. The standard InChI is InChI=1S/C15H13ClFNO2/c1-10(20-14-7-3-5-12(17)9-14)15(19)18-13-6-2-4-11(16)8-13/h2-10H,1H3,(H,18,19). The highest BCUT2D eigenvalue weighted by Crippen LogP contribution is 2.17. The van der Waals surface area contributed by atoms with E-state index < -0.39 is 11.9 Å². The van der Waals surface area contributed by atoms with Gasteiger partial charge in [-0.25, -0.2) is 4.39 Å². The number of hydrogen-bond donors (Lipinski definition) is 1. The van der Waals surface area contributed by atoms with Crippen LogP contribution >= 0.6 is 11.6 Å². The minimum Gasteiger partial charge on any atom is -0.481 e. The number of carbonyl (C=O) groups is 1. The molecule has 3 nitrogen and oxygen atoms in total. The van der Waals surface area contributed by atoms with Gasteiger partial charge < -0.3 is 10.1 Å². The van der Waals surface area contributed by atoms with Crippen molar-refractivity contribution in [2.75, 3.05) is 5.32 Å². The van der Waals surface area contributed by atoms with Gasteiger partial charge in [-0.05, 0) is 37.3 Å². The van der Waals surface area contributed by atoms with Gasteiger partial charge in [-0.2, -0.15) is 0 Å². The molecule has 0 radical (unpaired) electrons. The maximum absolute atomic E-state index is 13.0. The number of carbonyl (C=O) groups excluding carboxylic acids is 1. The maximum atomic E-state index is 13.0. The predicted octanol–water partition coefficient (Wildman–Crippen LogP) is 3.89. The van der Waals surface area contributed by atoms with E-state index in [1.165, 1.54) is 18.2 Å². The van der Waals surface area contributed by atoms with Crippen LogP contribution < -0.4 is 10.1 Å². The summed E-state index contributed by atoms with van der Waals surface area (Å²) < 4.78 is 18.4. The molecule has 0 aliphatic rings. The van der Waals surface area contributed by atoms with Crippen LogP contribution in [0, 0.1) is 5.82 Å². The maximum Gasteiger partial charge on any atom is 0.265 e. The Hall–Kier alpha value is -2.07. The van der Waals surface area contributed by atoms with Crippen LogP contribution in [0.3, 0.4) is 0 Å². The van der Waals surface area contributed by atoms with Crippen LogP contribution in [0.2, 0.25) is 5.02 Å². The molecule has 2 aromatic carbocycles. The lowest BCUT2D eigenvalue weighted by atomic mass is 10.3. The van der Waals surface area contributed by atoms with Crippen molar-refractivity contribution < 1.29 is 13.9 Å². The van der Waals surface area contributed by atoms with E-state index in [4.69, 9.17) is 16.3 Å². The number of hydrogen-bond acceptors (Lipinski definition) is 2. The van der Waals surface area contributed by atoms with E-state index in [1.807, 2.05) is 0 Å². The minimum absolute atomic E-state index is 0.304. The molecule has 0 saturated heterocycles. The lowest BCUT2D eigenvalue weighted by Gasteiger charge is -2.14. The Kier molecular flexibility index (Phi) is 4.58. The molecule has 0 aromatic heterocycles. The Morgan fingerprint density at radius 2 is 2.00 bits per heavy atom. The lowest BCUT2D eigenvalue weighted by Crippen LogP contribution is -2.30. The first-order chi connectivity index (χ1) is 9.54. The van der Waals surface area contributed by atoms with Gasteiger partial charge >= 0.3 is 0 Å². The summed E-state index contributed by atoms with van der Waals surface area (Å²) in [5, 5.41) is 3.20. The second-order valence-electron chi connectivity index (χ2n) is 4.22. The van der Waals surface area contributed by atoms with Gasteiger partial charge in [-0.15, -0.1) is 0 Å². The molecule has 1 unspecified atom stereocenters. The summed E-state index contributed by atoms with van der Waals surface area (Å²) in [4.78, 5) is 11.9. The van der Waals surface area contributed by atoms with Gasteiger partial charge in [0.2, 0.25) is 0 Å². The molecule has 2 aromatic rings. The highest BCUT2D eigenvalue weighted by molar-refractivity contribution is 6.30. The summed E-state index contributed by atoms with van der Waals surface area (Å²) >= 11 is 5.83. The minimum atomic E-state index is -0.754. The molecule has 5 heteroatoms. The van der Waals surface area contributed by atoms with Crippen LogP contribution in [0.4, 0.5) is 10.1 Å². The van der Waals surface area contributed by atoms with Crippen LogP contribution in [0.5, 0.6) is 5.75 Å². The zero-order valence-electron chi connectivity index (χ0n) is 10.8. The molecule has 1 amide bonds. The largest absolute Gasteiger partial charge is 0.481 e. The highest BCUT2D eigenvalue weighted by Gasteiger charge is 2.15. The number of amides is 1. The smallest absolute Gasteiger partial charge is 0.265 e. The fourth-order valence-electron chi connectivity index (χ4n) is 1.61. The molecule has 0 heterocycles. The predicted molar refractivity (Wildman–Crippen MR) is 76.6 cm³/mol. The van der Waals surface area contributed by atoms with Crippen molar-refractivity contribution in [1.82, 2.24) is 0 Å². The summed E-state index contributed by atoms with van der Waals surface area (Å²) in [6.45, 7) is 1.59. The second-order valence-corrected chi connectivity index (χ2v) is 4.65. The molecule has 2 rings (SSSR count). The zero-order chi connectivity index (χ0) is 14.5. The Bertz CT molecular complexity index is 618. The second kappa shape index (κ2) is 6.39. The van der Waals surface area contributed by atoms with Gasteiger partial charge in [0.25, 0.3) is 5.91 Å². The molecule has 0 spiro atoms. The van der Waals surface area contributed by atoms with Gasteiger partial charge in [-0.3, -0.25) is 4.79 Å². The molecule has 0 fully saturated rings. The molecule has 0 aliphatic heterocycles. The normalized spacial score (nSPS) is 11.8. The van der Waals surface area contributed by atoms with Gasteiger partial charge in [0, 0.05) is 16.8 Å². The lowest BCUT2D eigenvalue weighted by molar-refractivity contribution is -0.122. The summed E-state index contributed by atoms with van der Waals surface area (Å²) in [6, 6.07) is 12.4. The first kappa shape index (κ1) is 14.3. The number of nitrogens with one attached hydrogen (secondary N) is 1. The van der Waals surface area contributed by atoms with Gasteiger partial charge in [0.1, 0.15) is 11.6 Å². The van der Waals surface area contributed by atoms with Crippen molar-refractivity contribution in [3.8, 4) is 5.75 Å². The summed E-state index contributed by atoms with van der Waals surface area (Å²) in [5.74, 6) is -0.444. The number of benzene rings is 2. The van der Waals surface area contributed by atoms with Crippen molar-refractivity contribution in [3.63, 3.8) is 0 Å². The fraction of sp³-hybridized carbons (Fsp3) is 0.133. The third kappa shape index (κ3) is 3.96. The Balaban J connectivity index is 1.98. The van der Waals surface area contributed by atoms with Crippen LogP contribution in [0.15, 0.2) is 48.5 Å². The highest BCUT2D eigenvalue weighted by atomic mass is 35.5. The first-order valence-electron chi connectivity index (χ1n) is 6.03. The fourth-order valence-corrected chi connectivity index (χ4v) is 1.80. The third-order valence-corrected chi connectivity index (χ3v) is 2.81. The van der Waals surface area contributed by atoms with Crippen LogP contribution in [-0.4, -0.2) is 12.0 Å². The molecule has 0 bridgehead atoms. The SMILES string of the molecule is CC(Oc1cccc(F)c1)C(=O)Nc1cccc(Cl)c1. The third-order valence-electron chi connectivity index (χ3n) is 2.57. The summed E-state index contributed by atoms with van der Waals surface area (Å²) in [7, 11) is 0. The van der Waals surface area contributed by atoms with Crippen molar-refractivity contribution in [3.05, 3.63) is 59.4 Å². The average Bonchev–Trinajstić information content (AvgIpc) is 2.38. The van der Waals surface area contributed by atoms with Gasteiger partial charge in [-0.1, -0.05) is 23.7 Å². The average molecular weight is 294 g/mol. The number of halogens is 2. The van der Waals surface area contributed by atoms with E-state index in [-0.39, 0.29) is 5.91 Å². The first-order valence-corrected chi connectivity index (χ1v) is 6.41. The van der Waals surface area contributed by atoms with E-state index >= 15 is 0 Å².